The number of rotatable bonds is 2. The Balaban J connectivity index is 3.38. The molecule has 0 aliphatic carbocycles. The first kappa shape index (κ1) is 10.6. The number of nitriles is 1. The van der Waals surface area contributed by atoms with Gasteiger partial charge in [-0.1, -0.05) is 0 Å². The maximum Gasteiger partial charge on any atom is 0.287 e. The number of hydrogen-bond acceptors (Lipinski definition) is 3. The average Bonchev–Trinajstić information content (AvgIpc) is 2.01. The maximum absolute atomic E-state index is 12.8. The molecule has 1 aromatic carbocycles. The van der Waals surface area contributed by atoms with Crippen molar-refractivity contribution in [3.8, 4) is 6.07 Å². The molecular formula is C8H4BrFN2O2. The molecule has 1 rings (SSSR count). The van der Waals surface area contributed by atoms with Crippen LogP contribution in [-0.4, -0.2) is 4.92 Å². The van der Waals surface area contributed by atoms with Crippen molar-refractivity contribution < 1.29 is 9.31 Å². The van der Waals surface area contributed by atoms with Gasteiger partial charge >= 0.3 is 0 Å². The van der Waals surface area contributed by atoms with E-state index in [1.165, 1.54) is 0 Å². The van der Waals surface area contributed by atoms with Crippen molar-refractivity contribution in [1.29, 1.82) is 5.26 Å². The second-order valence-electron chi connectivity index (χ2n) is 2.49. The highest BCUT2D eigenvalue weighted by Gasteiger charge is 2.19. The number of halogens is 2. The lowest BCUT2D eigenvalue weighted by molar-refractivity contribution is -0.386. The Bertz CT molecular complexity index is 428. The molecule has 0 spiro atoms. The molecule has 14 heavy (non-hydrogen) atoms. The van der Waals surface area contributed by atoms with Gasteiger partial charge in [-0.2, -0.15) is 5.26 Å². The SMILES string of the molecule is N#CCc1cc(F)cc(Br)c1[N+](=O)[O-]. The quantitative estimate of drug-likeness (QED) is 0.605. The van der Waals surface area contributed by atoms with Crippen LogP contribution in [-0.2, 0) is 6.42 Å². The Morgan fingerprint density at radius 3 is 2.79 bits per heavy atom. The zero-order valence-corrected chi connectivity index (χ0v) is 8.41. The van der Waals surface area contributed by atoms with Crippen molar-refractivity contribution in [3.63, 3.8) is 0 Å². The Morgan fingerprint density at radius 1 is 1.64 bits per heavy atom. The summed E-state index contributed by atoms with van der Waals surface area (Å²) in [7, 11) is 0. The average molecular weight is 259 g/mol. The highest BCUT2D eigenvalue weighted by molar-refractivity contribution is 9.10. The standard InChI is InChI=1S/C8H4BrFN2O2/c9-7-4-6(10)3-5(1-2-11)8(7)12(13)14/h3-4H,1H2. The van der Waals surface area contributed by atoms with Crippen LogP contribution in [0.2, 0.25) is 0 Å². The van der Waals surface area contributed by atoms with E-state index in [4.69, 9.17) is 5.26 Å². The van der Waals surface area contributed by atoms with Gasteiger partial charge in [0.2, 0.25) is 0 Å². The van der Waals surface area contributed by atoms with E-state index in [9.17, 15) is 14.5 Å². The highest BCUT2D eigenvalue weighted by atomic mass is 79.9. The van der Waals surface area contributed by atoms with Crippen molar-refractivity contribution in [2.45, 2.75) is 6.42 Å². The first-order valence-electron chi connectivity index (χ1n) is 3.55. The van der Waals surface area contributed by atoms with E-state index in [0.29, 0.717) is 0 Å². The first-order chi connectivity index (χ1) is 6.56. The zero-order valence-electron chi connectivity index (χ0n) is 6.83. The largest absolute Gasteiger partial charge is 0.287 e. The van der Waals surface area contributed by atoms with Crippen molar-refractivity contribution >= 4 is 21.6 Å². The third-order valence-electron chi connectivity index (χ3n) is 1.56. The van der Waals surface area contributed by atoms with Gasteiger partial charge in [-0.25, -0.2) is 4.39 Å². The molecule has 0 atom stereocenters. The summed E-state index contributed by atoms with van der Waals surface area (Å²) in [5.74, 6) is -0.604. The van der Waals surface area contributed by atoms with Crippen LogP contribution >= 0.6 is 15.9 Å². The lowest BCUT2D eigenvalue weighted by Crippen LogP contribution is -1.97. The number of nitrogens with zero attached hydrogens (tertiary/aromatic N) is 2. The van der Waals surface area contributed by atoms with Crippen LogP contribution in [0.5, 0.6) is 0 Å². The molecule has 0 radical (unpaired) electrons. The minimum absolute atomic E-state index is 0.0488. The van der Waals surface area contributed by atoms with Gasteiger partial charge < -0.3 is 0 Å². The maximum atomic E-state index is 12.8. The number of benzene rings is 1. The van der Waals surface area contributed by atoms with Gasteiger partial charge in [0.05, 0.1) is 21.9 Å². The van der Waals surface area contributed by atoms with E-state index in [-0.39, 0.29) is 22.1 Å². The Kier molecular flexibility index (Phi) is 3.14. The van der Waals surface area contributed by atoms with Crippen molar-refractivity contribution in [2.75, 3.05) is 0 Å². The summed E-state index contributed by atoms with van der Waals surface area (Å²) >= 11 is 2.88. The fraction of sp³-hybridized carbons (Fsp3) is 0.125. The number of nitro groups is 1. The summed E-state index contributed by atoms with van der Waals surface area (Å²) in [6, 6.07) is 3.73. The minimum atomic E-state index is -0.643. The summed E-state index contributed by atoms with van der Waals surface area (Å²) in [6.07, 6.45) is -0.188. The summed E-state index contributed by atoms with van der Waals surface area (Å²) in [5.41, 5.74) is -0.183. The van der Waals surface area contributed by atoms with Crippen molar-refractivity contribution in [3.05, 3.63) is 38.1 Å². The summed E-state index contributed by atoms with van der Waals surface area (Å²) in [5, 5.41) is 19.0. The fourth-order valence-corrected chi connectivity index (χ4v) is 1.66. The zero-order chi connectivity index (χ0) is 10.7. The summed E-state index contributed by atoms with van der Waals surface area (Å²) < 4.78 is 12.9. The van der Waals surface area contributed by atoms with E-state index in [1.807, 2.05) is 0 Å². The van der Waals surface area contributed by atoms with Crippen LogP contribution in [0.15, 0.2) is 16.6 Å². The first-order valence-corrected chi connectivity index (χ1v) is 4.35. The normalized spacial score (nSPS) is 9.50. The molecule has 0 aliphatic rings. The lowest BCUT2D eigenvalue weighted by Gasteiger charge is -2.00. The van der Waals surface area contributed by atoms with Crippen molar-refractivity contribution in [1.82, 2.24) is 0 Å². The van der Waals surface area contributed by atoms with Crippen LogP contribution < -0.4 is 0 Å². The summed E-state index contributed by atoms with van der Waals surface area (Å²) in [6.45, 7) is 0. The number of hydrogen-bond donors (Lipinski definition) is 0. The molecule has 0 unspecified atom stereocenters. The second-order valence-corrected chi connectivity index (χ2v) is 3.34. The molecule has 0 aromatic heterocycles. The van der Waals surface area contributed by atoms with Gasteiger partial charge in [-0.3, -0.25) is 10.1 Å². The van der Waals surface area contributed by atoms with Gasteiger partial charge in [0, 0.05) is 5.56 Å². The Morgan fingerprint density at radius 2 is 2.29 bits per heavy atom. The molecule has 0 fully saturated rings. The lowest BCUT2D eigenvalue weighted by atomic mass is 10.1. The van der Waals surface area contributed by atoms with E-state index in [2.05, 4.69) is 15.9 Å². The van der Waals surface area contributed by atoms with Crippen LogP contribution in [0.3, 0.4) is 0 Å². The third-order valence-corrected chi connectivity index (χ3v) is 2.16. The monoisotopic (exact) mass is 258 g/mol. The molecule has 6 heteroatoms. The van der Waals surface area contributed by atoms with Gasteiger partial charge in [-0.05, 0) is 28.1 Å². The molecule has 0 aliphatic heterocycles. The third kappa shape index (κ3) is 2.06. The van der Waals surface area contributed by atoms with Crippen molar-refractivity contribution in [2.24, 2.45) is 0 Å². The van der Waals surface area contributed by atoms with E-state index >= 15 is 0 Å². The number of nitro benzene ring substituents is 1. The van der Waals surface area contributed by atoms with E-state index < -0.39 is 10.7 Å². The predicted molar refractivity (Wildman–Crippen MR) is 50.1 cm³/mol. The Labute approximate surface area is 87.2 Å². The van der Waals surface area contributed by atoms with Gasteiger partial charge in [0.1, 0.15) is 5.82 Å². The molecule has 72 valence electrons. The van der Waals surface area contributed by atoms with Gasteiger partial charge in [0.25, 0.3) is 5.69 Å². The van der Waals surface area contributed by atoms with Crippen LogP contribution in [0.4, 0.5) is 10.1 Å². The van der Waals surface area contributed by atoms with Gasteiger partial charge in [0.15, 0.2) is 0 Å². The van der Waals surface area contributed by atoms with Gasteiger partial charge in [-0.15, -0.1) is 0 Å². The molecular weight excluding hydrogens is 255 g/mol. The van der Waals surface area contributed by atoms with Crippen LogP contribution in [0, 0.1) is 27.3 Å². The molecule has 0 saturated heterocycles. The minimum Gasteiger partial charge on any atom is -0.258 e. The molecule has 4 nitrogen and oxygen atoms in total. The fourth-order valence-electron chi connectivity index (χ4n) is 1.04. The topological polar surface area (TPSA) is 66.9 Å². The molecule has 0 bridgehead atoms. The highest BCUT2D eigenvalue weighted by Crippen LogP contribution is 2.30. The predicted octanol–water partition coefficient (Wildman–Crippen LogP) is 2.56. The van der Waals surface area contributed by atoms with Crippen LogP contribution in [0.1, 0.15) is 5.56 Å². The van der Waals surface area contributed by atoms with E-state index in [0.717, 1.165) is 12.1 Å². The molecule has 0 N–H and O–H groups in total. The molecule has 0 saturated carbocycles. The molecule has 0 amide bonds. The van der Waals surface area contributed by atoms with Crippen LogP contribution in [0.25, 0.3) is 0 Å². The second kappa shape index (κ2) is 4.15. The summed E-state index contributed by atoms with van der Waals surface area (Å²) in [4.78, 5) is 9.93. The molecule has 1 aromatic rings. The Hall–Kier alpha value is -1.48. The van der Waals surface area contributed by atoms with E-state index in [1.54, 1.807) is 6.07 Å². The smallest absolute Gasteiger partial charge is 0.258 e. The molecule has 0 heterocycles.